The zero-order valence-electron chi connectivity index (χ0n) is 18.9. The van der Waals surface area contributed by atoms with E-state index >= 15 is 0 Å². The molecule has 2 N–H and O–H groups in total. The van der Waals surface area contributed by atoms with Crippen LogP contribution in [0.3, 0.4) is 0 Å². The average molecular weight is 440 g/mol. The minimum absolute atomic E-state index is 0.0289. The maximum absolute atomic E-state index is 12.8. The van der Waals surface area contributed by atoms with Crippen molar-refractivity contribution in [3.8, 4) is 0 Å². The van der Waals surface area contributed by atoms with Gasteiger partial charge in [-0.05, 0) is 24.3 Å². The molecule has 2 aromatic rings. The summed E-state index contributed by atoms with van der Waals surface area (Å²) in [5.41, 5.74) is 1.20. The Kier molecular flexibility index (Phi) is 6.62. The predicted molar refractivity (Wildman–Crippen MR) is 121 cm³/mol. The molecular formula is C24H33N5O3. The first-order valence-corrected chi connectivity index (χ1v) is 11.4. The van der Waals surface area contributed by atoms with Gasteiger partial charge in [0.15, 0.2) is 0 Å². The van der Waals surface area contributed by atoms with E-state index in [1.165, 1.54) is 0 Å². The fraction of sp³-hybridized carbons (Fsp3) is 0.542. The van der Waals surface area contributed by atoms with E-state index in [0.717, 1.165) is 11.1 Å². The zero-order valence-corrected chi connectivity index (χ0v) is 18.9. The summed E-state index contributed by atoms with van der Waals surface area (Å²) < 4.78 is 1.73. The van der Waals surface area contributed by atoms with Crippen molar-refractivity contribution in [2.24, 2.45) is 7.05 Å². The van der Waals surface area contributed by atoms with Crippen molar-refractivity contribution < 1.29 is 14.7 Å². The molecule has 0 saturated carbocycles. The summed E-state index contributed by atoms with van der Waals surface area (Å²) in [6, 6.07) is 10.0. The molecule has 8 heteroatoms. The summed E-state index contributed by atoms with van der Waals surface area (Å²) in [6.45, 7) is 3.80. The zero-order chi connectivity index (χ0) is 22.7. The van der Waals surface area contributed by atoms with Gasteiger partial charge in [-0.25, -0.2) is 0 Å². The highest BCUT2D eigenvalue weighted by Crippen LogP contribution is 2.28. The topological polar surface area (TPSA) is 90.7 Å². The lowest BCUT2D eigenvalue weighted by Gasteiger charge is -2.43. The normalized spacial score (nSPS) is 22.1. The summed E-state index contributed by atoms with van der Waals surface area (Å²) in [5.74, 6) is 0.314. The first-order valence-electron chi connectivity index (χ1n) is 11.4. The Balaban J connectivity index is 1.26. The van der Waals surface area contributed by atoms with Crippen LogP contribution < -0.4 is 5.32 Å². The van der Waals surface area contributed by atoms with Gasteiger partial charge in [-0.2, -0.15) is 5.10 Å². The Morgan fingerprint density at radius 3 is 2.62 bits per heavy atom. The van der Waals surface area contributed by atoms with Crippen LogP contribution in [0.15, 0.2) is 42.7 Å². The van der Waals surface area contributed by atoms with Crippen LogP contribution in [0.2, 0.25) is 0 Å². The molecule has 2 aliphatic rings. The van der Waals surface area contributed by atoms with Gasteiger partial charge in [0.25, 0.3) is 0 Å². The third-order valence-corrected chi connectivity index (χ3v) is 6.77. The van der Waals surface area contributed by atoms with E-state index in [1.54, 1.807) is 15.8 Å². The lowest BCUT2D eigenvalue weighted by atomic mass is 9.89. The molecule has 0 spiro atoms. The third kappa shape index (κ3) is 5.19. The van der Waals surface area contributed by atoms with E-state index in [-0.39, 0.29) is 23.8 Å². The largest absolute Gasteiger partial charge is 0.388 e. The number of amides is 2. The van der Waals surface area contributed by atoms with Crippen LogP contribution >= 0.6 is 0 Å². The Hall–Kier alpha value is -2.71. The average Bonchev–Trinajstić information content (AvgIpc) is 3.22. The van der Waals surface area contributed by atoms with Crippen molar-refractivity contribution in [1.82, 2.24) is 24.9 Å². The number of piperidine rings is 1. The number of nitrogens with zero attached hydrogens (tertiary/aromatic N) is 4. The first-order chi connectivity index (χ1) is 15.3. The van der Waals surface area contributed by atoms with Crippen LogP contribution in [0.4, 0.5) is 0 Å². The second kappa shape index (κ2) is 9.42. The highest BCUT2D eigenvalue weighted by molar-refractivity contribution is 5.78. The maximum Gasteiger partial charge on any atom is 0.225 e. The predicted octanol–water partition coefficient (Wildman–Crippen LogP) is 1.79. The number of likely N-dealkylation sites (tertiary alicyclic amines) is 1. The molecule has 1 aromatic carbocycles. The van der Waals surface area contributed by atoms with Crippen LogP contribution in [0, 0.1) is 0 Å². The molecule has 4 rings (SSSR count). The highest BCUT2D eigenvalue weighted by Gasteiger charge is 2.38. The van der Waals surface area contributed by atoms with E-state index in [2.05, 4.69) is 29.5 Å². The minimum atomic E-state index is -0.958. The van der Waals surface area contributed by atoms with Gasteiger partial charge in [0, 0.05) is 50.8 Å². The fourth-order valence-electron chi connectivity index (χ4n) is 4.66. The van der Waals surface area contributed by atoms with Crippen molar-refractivity contribution in [2.75, 3.05) is 26.3 Å². The second-order valence-electron chi connectivity index (χ2n) is 9.28. The van der Waals surface area contributed by atoms with E-state index in [9.17, 15) is 14.7 Å². The monoisotopic (exact) mass is 439 g/mol. The molecule has 0 aliphatic carbocycles. The number of nitrogens with one attached hydrogen (secondary N) is 1. The number of aliphatic hydroxyl groups is 1. The molecule has 2 aliphatic heterocycles. The summed E-state index contributed by atoms with van der Waals surface area (Å²) in [7, 11) is 1.86. The summed E-state index contributed by atoms with van der Waals surface area (Å²) in [5, 5.41) is 18.7. The molecule has 0 radical (unpaired) electrons. The van der Waals surface area contributed by atoms with Crippen molar-refractivity contribution >= 4 is 11.8 Å². The van der Waals surface area contributed by atoms with Crippen molar-refractivity contribution in [1.29, 1.82) is 0 Å². The van der Waals surface area contributed by atoms with E-state index < -0.39 is 5.60 Å². The number of aromatic nitrogens is 2. The van der Waals surface area contributed by atoms with Gasteiger partial charge >= 0.3 is 0 Å². The lowest BCUT2D eigenvalue weighted by molar-refractivity contribution is -0.144. The standard InChI is InChI=1S/C24H33N5O3/c1-18(19-6-4-3-5-7-19)12-22(30)28-10-8-24(32,9-11-28)16-29-17-25-21(13-23(29)31)20-14-26-27(2)15-20/h3-7,14-15,18,21,25,32H,8-13,16-17H2,1-2H3/t18-,21?/m1/s1. The molecule has 2 fully saturated rings. The van der Waals surface area contributed by atoms with Gasteiger partial charge < -0.3 is 14.9 Å². The smallest absolute Gasteiger partial charge is 0.225 e. The Morgan fingerprint density at radius 2 is 2.00 bits per heavy atom. The number of carbonyl (C=O) groups excluding carboxylic acids is 2. The Morgan fingerprint density at radius 1 is 1.28 bits per heavy atom. The molecule has 3 heterocycles. The third-order valence-electron chi connectivity index (χ3n) is 6.77. The fourth-order valence-corrected chi connectivity index (χ4v) is 4.66. The molecule has 32 heavy (non-hydrogen) atoms. The van der Waals surface area contributed by atoms with Gasteiger partial charge in [0.1, 0.15) is 0 Å². The number of hydrogen-bond donors (Lipinski definition) is 2. The van der Waals surface area contributed by atoms with Crippen molar-refractivity contribution in [2.45, 2.75) is 50.2 Å². The van der Waals surface area contributed by atoms with Gasteiger partial charge in [0.05, 0.1) is 25.0 Å². The van der Waals surface area contributed by atoms with Gasteiger partial charge in [-0.3, -0.25) is 19.6 Å². The van der Waals surface area contributed by atoms with Gasteiger partial charge in [-0.15, -0.1) is 0 Å². The lowest BCUT2D eigenvalue weighted by Crippen LogP contribution is -2.56. The van der Waals surface area contributed by atoms with Crippen LogP contribution in [0.1, 0.15) is 55.7 Å². The summed E-state index contributed by atoms with van der Waals surface area (Å²) in [4.78, 5) is 29.0. The molecule has 8 nitrogen and oxygen atoms in total. The molecule has 2 saturated heterocycles. The first kappa shape index (κ1) is 22.5. The number of hydrogen-bond acceptors (Lipinski definition) is 5. The van der Waals surface area contributed by atoms with E-state index in [0.29, 0.717) is 52.0 Å². The van der Waals surface area contributed by atoms with Crippen molar-refractivity contribution in [3.05, 3.63) is 53.9 Å². The molecular weight excluding hydrogens is 406 g/mol. The summed E-state index contributed by atoms with van der Waals surface area (Å²) >= 11 is 0. The van der Waals surface area contributed by atoms with Crippen LogP contribution in [-0.4, -0.2) is 68.4 Å². The van der Waals surface area contributed by atoms with E-state index in [4.69, 9.17) is 0 Å². The molecule has 2 atom stereocenters. The van der Waals surface area contributed by atoms with Gasteiger partial charge in [0.2, 0.25) is 11.8 Å². The van der Waals surface area contributed by atoms with Crippen molar-refractivity contribution in [3.63, 3.8) is 0 Å². The molecule has 2 amide bonds. The number of aryl methyl sites for hydroxylation is 1. The highest BCUT2D eigenvalue weighted by atomic mass is 16.3. The van der Waals surface area contributed by atoms with Crippen LogP contribution in [-0.2, 0) is 16.6 Å². The Labute approximate surface area is 189 Å². The number of benzene rings is 1. The molecule has 1 aromatic heterocycles. The Bertz CT molecular complexity index is 936. The van der Waals surface area contributed by atoms with Crippen LogP contribution in [0.25, 0.3) is 0 Å². The van der Waals surface area contributed by atoms with Gasteiger partial charge in [-0.1, -0.05) is 37.3 Å². The SMILES string of the molecule is C[C@H](CC(=O)N1CCC(O)(CN2CNC(c3cnn(C)c3)CC2=O)CC1)c1ccccc1. The van der Waals surface area contributed by atoms with Crippen LogP contribution in [0.5, 0.6) is 0 Å². The number of carbonyl (C=O) groups is 2. The summed E-state index contributed by atoms with van der Waals surface area (Å²) in [6.07, 6.45) is 5.47. The quantitative estimate of drug-likeness (QED) is 0.716. The molecule has 0 bridgehead atoms. The second-order valence-corrected chi connectivity index (χ2v) is 9.28. The number of β-amino-alcohol motifs (C(OH)–C–C–N with tert-alkyl or cyclic N) is 1. The van der Waals surface area contributed by atoms with E-state index in [1.807, 2.05) is 36.3 Å². The molecule has 1 unspecified atom stereocenters. The molecule has 172 valence electrons. The minimum Gasteiger partial charge on any atom is -0.388 e. The number of rotatable bonds is 6. The maximum atomic E-state index is 12.8.